The van der Waals surface area contributed by atoms with E-state index in [1.807, 2.05) is 13.0 Å². The Morgan fingerprint density at radius 2 is 1.88 bits per heavy atom. The molecule has 1 aliphatic rings. The summed E-state index contributed by atoms with van der Waals surface area (Å²) < 4.78 is 11.2. The van der Waals surface area contributed by atoms with Crippen LogP contribution in [0.5, 0.6) is 0 Å². The zero-order valence-electron chi connectivity index (χ0n) is 20.3. The minimum atomic E-state index is -1.14. The van der Waals surface area contributed by atoms with Crippen molar-refractivity contribution in [1.29, 1.82) is 0 Å². The molecule has 0 radical (unpaired) electrons. The van der Waals surface area contributed by atoms with Gasteiger partial charge in [-0.25, -0.2) is 14.8 Å². The number of aromatic amines is 1. The number of nitrogens with zero attached hydrogens (tertiary/aromatic N) is 4. The number of carbonyl (C=O) groups is 2. The summed E-state index contributed by atoms with van der Waals surface area (Å²) in [4.78, 5) is 36.0. The molecule has 2 aromatic heterocycles. The van der Waals surface area contributed by atoms with Crippen LogP contribution in [0, 0.1) is 13.8 Å². The van der Waals surface area contributed by atoms with Crippen LogP contribution in [0.4, 0.5) is 16.4 Å². The van der Waals surface area contributed by atoms with Crippen LogP contribution >= 0.6 is 0 Å². The molecule has 0 unspecified atom stereocenters. The van der Waals surface area contributed by atoms with E-state index in [2.05, 4.69) is 30.8 Å². The number of rotatable bonds is 5. The zero-order valence-corrected chi connectivity index (χ0v) is 20.3. The van der Waals surface area contributed by atoms with Crippen LogP contribution in [0.3, 0.4) is 0 Å². The van der Waals surface area contributed by atoms with Gasteiger partial charge in [0.25, 0.3) is 0 Å². The topological polar surface area (TPSA) is 134 Å². The predicted octanol–water partition coefficient (Wildman–Crippen LogP) is 2.76. The van der Waals surface area contributed by atoms with Gasteiger partial charge in [-0.1, -0.05) is 0 Å². The molecule has 11 heteroatoms. The normalized spacial score (nSPS) is 16.9. The van der Waals surface area contributed by atoms with Crippen molar-refractivity contribution in [2.75, 3.05) is 25.0 Å². The van der Waals surface area contributed by atoms with Gasteiger partial charge in [0.1, 0.15) is 28.9 Å². The van der Waals surface area contributed by atoms with E-state index in [0.717, 1.165) is 5.69 Å². The Kier molecular flexibility index (Phi) is 6.92. The van der Waals surface area contributed by atoms with Crippen molar-refractivity contribution in [3.8, 4) is 0 Å². The highest BCUT2D eigenvalue weighted by atomic mass is 16.6. The first-order chi connectivity index (χ1) is 15.3. The maximum atomic E-state index is 13.2. The molecule has 33 heavy (non-hydrogen) atoms. The quantitative estimate of drug-likeness (QED) is 0.621. The number of ether oxygens (including phenoxy) is 2. The molecule has 2 aromatic rings. The van der Waals surface area contributed by atoms with Crippen molar-refractivity contribution in [2.45, 2.75) is 65.7 Å². The van der Waals surface area contributed by atoms with E-state index in [1.165, 1.54) is 0 Å². The highest BCUT2D eigenvalue weighted by molar-refractivity contribution is 5.89. The fourth-order valence-corrected chi connectivity index (χ4v) is 3.45. The van der Waals surface area contributed by atoms with Gasteiger partial charge in [0, 0.05) is 24.4 Å². The molecular formula is C22H33N7O4. The fourth-order valence-electron chi connectivity index (χ4n) is 3.45. The van der Waals surface area contributed by atoms with Crippen LogP contribution in [-0.4, -0.2) is 67.9 Å². The summed E-state index contributed by atoms with van der Waals surface area (Å²) in [5.41, 5.74) is -0.210. The van der Waals surface area contributed by atoms with Gasteiger partial charge in [-0.15, -0.1) is 0 Å². The monoisotopic (exact) mass is 459 g/mol. The lowest BCUT2D eigenvalue weighted by atomic mass is 10.0. The molecule has 0 saturated carbocycles. The molecule has 1 aliphatic heterocycles. The molecular weight excluding hydrogens is 426 g/mol. The summed E-state index contributed by atoms with van der Waals surface area (Å²) in [7, 11) is 0. The van der Waals surface area contributed by atoms with Crippen molar-refractivity contribution in [3.63, 3.8) is 0 Å². The van der Waals surface area contributed by atoms with E-state index < -0.39 is 23.3 Å². The molecule has 180 valence electrons. The maximum Gasteiger partial charge on any atom is 0.408 e. The van der Waals surface area contributed by atoms with Crippen molar-refractivity contribution in [2.24, 2.45) is 0 Å². The van der Waals surface area contributed by atoms with Gasteiger partial charge in [-0.2, -0.15) is 5.10 Å². The fraction of sp³-hybridized carbons (Fsp3) is 0.591. The third-order valence-corrected chi connectivity index (χ3v) is 4.85. The molecule has 1 fully saturated rings. The molecule has 3 heterocycles. The molecule has 0 bridgehead atoms. The maximum absolute atomic E-state index is 13.2. The first kappa shape index (κ1) is 24.4. The number of hydrogen-bond donors (Lipinski definition) is 3. The number of alkyl carbamates (subject to hydrolysis) is 1. The van der Waals surface area contributed by atoms with Gasteiger partial charge in [0.2, 0.25) is 5.91 Å². The summed E-state index contributed by atoms with van der Waals surface area (Å²) in [5.74, 6) is 1.58. The van der Waals surface area contributed by atoms with Gasteiger partial charge in [0.05, 0.1) is 18.8 Å². The second-order valence-electron chi connectivity index (χ2n) is 9.65. The van der Waals surface area contributed by atoms with Gasteiger partial charge in [-0.05, 0) is 48.5 Å². The van der Waals surface area contributed by atoms with Crippen LogP contribution in [0.15, 0.2) is 12.1 Å². The third-order valence-electron chi connectivity index (χ3n) is 4.85. The molecule has 0 aliphatic carbocycles. The number of hydrogen-bond acceptors (Lipinski definition) is 8. The Morgan fingerprint density at radius 3 is 2.52 bits per heavy atom. The largest absolute Gasteiger partial charge is 0.444 e. The highest BCUT2D eigenvalue weighted by Gasteiger charge is 2.37. The first-order valence-electron chi connectivity index (χ1n) is 10.9. The molecule has 1 saturated heterocycles. The van der Waals surface area contributed by atoms with Crippen molar-refractivity contribution < 1.29 is 19.1 Å². The van der Waals surface area contributed by atoms with Crippen molar-refractivity contribution in [1.82, 2.24) is 30.4 Å². The second kappa shape index (κ2) is 9.34. The minimum Gasteiger partial charge on any atom is -0.444 e. The van der Waals surface area contributed by atoms with Crippen molar-refractivity contribution in [3.05, 3.63) is 29.3 Å². The van der Waals surface area contributed by atoms with Gasteiger partial charge in [0.15, 0.2) is 5.82 Å². The van der Waals surface area contributed by atoms with Gasteiger partial charge >= 0.3 is 6.09 Å². The third kappa shape index (κ3) is 6.64. The van der Waals surface area contributed by atoms with Crippen LogP contribution in [0.1, 0.15) is 57.9 Å². The highest BCUT2D eigenvalue weighted by Crippen LogP contribution is 2.25. The Labute approximate surface area is 193 Å². The molecule has 3 N–H and O–H groups in total. The molecule has 3 rings (SSSR count). The van der Waals surface area contributed by atoms with Crippen LogP contribution in [0.2, 0.25) is 0 Å². The first-order valence-corrected chi connectivity index (χ1v) is 10.9. The number of H-pyrrole nitrogens is 1. The molecule has 1 atom stereocenters. The number of aromatic nitrogens is 4. The summed E-state index contributed by atoms with van der Waals surface area (Å²) in [6.45, 7) is 13.4. The van der Waals surface area contributed by atoms with E-state index in [4.69, 9.17) is 9.47 Å². The van der Waals surface area contributed by atoms with Crippen LogP contribution < -0.4 is 10.6 Å². The number of carbonyl (C=O) groups excluding carboxylic acids is 2. The summed E-state index contributed by atoms with van der Waals surface area (Å²) in [5, 5.41) is 12.9. The average Bonchev–Trinajstić information content (AvgIpc) is 3.09. The van der Waals surface area contributed by atoms with Crippen LogP contribution in [0.25, 0.3) is 0 Å². The van der Waals surface area contributed by atoms with E-state index >= 15 is 0 Å². The SMILES string of the molecule is Cc1nc(Nc2cc(C)[nH]n2)cc([C@H]2CN(C(=O)C(C)(C)NC(=O)OC(C)(C)C)CCO2)n1. The minimum absolute atomic E-state index is 0.224. The second-order valence-corrected chi connectivity index (χ2v) is 9.65. The Morgan fingerprint density at radius 1 is 1.15 bits per heavy atom. The number of anilines is 2. The van der Waals surface area contributed by atoms with Gasteiger partial charge in [-0.3, -0.25) is 9.89 Å². The standard InChI is InChI=1S/C22H33N7O4/c1-13-10-18(28-27-13)25-17-11-15(23-14(2)24-17)16-12-29(8-9-32-16)19(30)22(6,7)26-20(31)33-21(3,4)5/h10-11,16H,8-9,12H2,1-7H3,(H,26,31)(H2,23,24,25,27,28)/t16-/m1/s1. The molecule has 11 nitrogen and oxygen atoms in total. The molecule has 2 amide bonds. The Bertz CT molecular complexity index is 1010. The number of nitrogens with one attached hydrogen (secondary N) is 3. The summed E-state index contributed by atoms with van der Waals surface area (Å²) in [6, 6.07) is 3.66. The number of amides is 2. The Hall–Kier alpha value is -3.21. The van der Waals surface area contributed by atoms with Gasteiger partial charge < -0.3 is 25.0 Å². The lowest BCUT2D eigenvalue weighted by molar-refractivity contribution is -0.145. The van der Waals surface area contributed by atoms with E-state index in [9.17, 15) is 9.59 Å². The zero-order chi connectivity index (χ0) is 24.4. The lowest BCUT2D eigenvalue weighted by Gasteiger charge is -2.37. The van der Waals surface area contributed by atoms with Crippen LogP contribution in [-0.2, 0) is 14.3 Å². The molecule has 0 spiro atoms. The lowest BCUT2D eigenvalue weighted by Crippen LogP contribution is -2.58. The smallest absolute Gasteiger partial charge is 0.408 e. The molecule has 0 aromatic carbocycles. The Balaban J connectivity index is 1.70. The van der Waals surface area contributed by atoms with Crippen molar-refractivity contribution >= 4 is 23.6 Å². The number of aryl methyl sites for hydroxylation is 2. The van der Waals surface area contributed by atoms with E-state index in [1.54, 1.807) is 52.5 Å². The predicted molar refractivity (Wildman–Crippen MR) is 122 cm³/mol. The average molecular weight is 460 g/mol. The summed E-state index contributed by atoms with van der Waals surface area (Å²) >= 11 is 0. The van der Waals surface area contributed by atoms with E-state index in [0.29, 0.717) is 42.9 Å². The van der Waals surface area contributed by atoms with E-state index in [-0.39, 0.29) is 5.91 Å². The number of morpholine rings is 1. The summed E-state index contributed by atoms with van der Waals surface area (Å²) in [6.07, 6.45) is -1.07.